The summed E-state index contributed by atoms with van der Waals surface area (Å²) in [4.78, 5) is 24.0. The van der Waals surface area contributed by atoms with E-state index in [2.05, 4.69) is 5.32 Å². The number of carbonyl (C=O) groups is 2. The van der Waals surface area contributed by atoms with Gasteiger partial charge in [0.15, 0.2) is 6.04 Å². The second-order valence-corrected chi connectivity index (χ2v) is 5.79. The Balaban J connectivity index is 1.76. The van der Waals surface area contributed by atoms with Gasteiger partial charge < -0.3 is 19.9 Å². The number of carbonyl (C=O) groups excluding carboxylic acids is 1. The zero-order valence-corrected chi connectivity index (χ0v) is 13.8. The number of nitrogens with one attached hydrogen (secondary N) is 1. The number of benzene rings is 2. The normalized spacial score (nSPS) is 13.5. The van der Waals surface area contributed by atoms with Gasteiger partial charge in [0.25, 0.3) is 0 Å². The summed E-state index contributed by atoms with van der Waals surface area (Å²) < 4.78 is 10.7. The highest BCUT2D eigenvalue weighted by molar-refractivity contribution is 5.86. The lowest BCUT2D eigenvalue weighted by Gasteiger charge is -2.16. The van der Waals surface area contributed by atoms with Gasteiger partial charge in [-0.15, -0.1) is 0 Å². The summed E-state index contributed by atoms with van der Waals surface area (Å²) >= 11 is 0. The number of methoxy groups -OCH3 is 1. The Morgan fingerprint density at radius 2 is 2.08 bits per heavy atom. The van der Waals surface area contributed by atoms with Crippen LogP contribution in [0.25, 0.3) is 0 Å². The second kappa shape index (κ2) is 7.25. The number of rotatable bonds is 6. The summed E-state index contributed by atoms with van der Waals surface area (Å²) in [6.07, 6.45) is 0.784. The number of ether oxygens (including phenoxy) is 2. The molecule has 0 aromatic heterocycles. The number of para-hydroxylation sites is 1. The molecular weight excluding hydrogens is 322 g/mol. The molecule has 2 aromatic rings. The zero-order chi connectivity index (χ0) is 17.8. The summed E-state index contributed by atoms with van der Waals surface area (Å²) in [7, 11) is 1.53. The van der Waals surface area contributed by atoms with Crippen LogP contribution in [0.3, 0.4) is 0 Å². The van der Waals surface area contributed by atoms with Gasteiger partial charge in [-0.25, -0.2) is 4.79 Å². The van der Waals surface area contributed by atoms with Crippen molar-refractivity contribution < 1.29 is 24.2 Å². The fourth-order valence-electron chi connectivity index (χ4n) is 2.91. The largest absolute Gasteiger partial charge is 0.496 e. The van der Waals surface area contributed by atoms with Gasteiger partial charge in [0.1, 0.15) is 11.5 Å². The molecular formula is C19H19NO5. The standard InChI is InChI=1S/C19H19NO5/c1-24-15-5-3-2-4-12(15)11-17(21)20-18(19(22)23)14-6-7-16-13(10-14)8-9-25-16/h2-7,10,18H,8-9,11H2,1H3,(H,20,21)(H,22,23). The first-order valence-corrected chi connectivity index (χ1v) is 7.98. The first kappa shape index (κ1) is 16.8. The van der Waals surface area contributed by atoms with Crippen molar-refractivity contribution in [2.75, 3.05) is 13.7 Å². The third kappa shape index (κ3) is 3.74. The SMILES string of the molecule is COc1ccccc1CC(=O)NC(C(=O)O)c1ccc2c(c1)CCO2. The highest BCUT2D eigenvalue weighted by Gasteiger charge is 2.24. The molecule has 0 saturated heterocycles. The minimum absolute atomic E-state index is 0.0435. The van der Waals surface area contributed by atoms with Crippen molar-refractivity contribution in [3.8, 4) is 11.5 Å². The van der Waals surface area contributed by atoms with E-state index in [1.807, 2.05) is 6.07 Å². The van der Waals surface area contributed by atoms with Crippen LogP contribution < -0.4 is 14.8 Å². The Morgan fingerprint density at radius 3 is 2.84 bits per heavy atom. The first-order chi connectivity index (χ1) is 12.1. The Hall–Kier alpha value is -3.02. The number of amides is 1. The van der Waals surface area contributed by atoms with E-state index in [9.17, 15) is 14.7 Å². The maximum absolute atomic E-state index is 12.3. The lowest BCUT2D eigenvalue weighted by Crippen LogP contribution is -2.34. The quantitative estimate of drug-likeness (QED) is 0.841. The van der Waals surface area contributed by atoms with Crippen molar-refractivity contribution in [3.05, 3.63) is 59.2 Å². The number of carboxylic acid groups (broad SMARTS) is 1. The number of aliphatic carboxylic acids is 1. The van der Waals surface area contributed by atoms with Crippen LogP contribution in [0.4, 0.5) is 0 Å². The van der Waals surface area contributed by atoms with Crippen molar-refractivity contribution >= 4 is 11.9 Å². The van der Waals surface area contributed by atoms with Crippen molar-refractivity contribution in [1.82, 2.24) is 5.32 Å². The zero-order valence-electron chi connectivity index (χ0n) is 13.8. The molecule has 2 aromatic carbocycles. The van der Waals surface area contributed by atoms with Crippen LogP contribution in [0, 0.1) is 0 Å². The van der Waals surface area contributed by atoms with Crippen molar-refractivity contribution in [1.29, 1.82) is 0 Å². The molecule has 3 rings (SSSR count). The van der Waals surface area contributed by atoms with Gasteiger partial charge in [0.05, 0.1) is 20.1 Å². The molecule has 0 bridgehead atoms. The maximum atomic E-state index is 12.3. The van der Waals surface area contributed by atoms with E-state index in [4.69, 9.17) is 9.47 Å². The molecule has 0 spiro atoms. The molecule has 1 amide bonds. The predicted octanol–water partition coefficient (Wildman–Crippen LogP) is 2.11. The van der Waals surface area contributed by atoms with E-state index in [1.165, 1.54) is 7.11 Å². The molecule has 1 aliphatic rings. The van der Waals surface area contributed by atoms with E-state index in [1.54, 1.807) is 36.4 Å². The molecule has 0 fully saturated rings. The highest BCUT2D eigenvalue weighted by atomic mass is 16.5. The van der Waals surface area contributed by atoms with Crippen LogP contribution in [-0.4, -0.2) is 30.7 Å². The van der Waals surface area contributed by atoms with Crippen LogP contribution in [-0.2, 0) is 22.4 Å². The first-order valence-electron chi connectivity index (χ1n) is 7.98. The van der Waals surface area contributed by atoms with Gasteiger partial charge >= 0.3 is 5.97 Å². The Kier molecular flexibility index (Phi) is 4.88. The number of carboxylic acids is 1. The lowest BCUT2D eigenvalue weighted by molar-refractivity contribution is -0.142. The molecule has 2 N–H and O–H groups in total. The smallest absolute Gasteiger partial charge is 0.330 e. The molecule has 1 aliphatic heterocycles. The average molecular weight is 341 g/mol. The molecule has 6 nitrogen and oxygen atoms in total. The molecule has 6 heteroatoms. The molecule has 1 heterocycles. The topological polar surface area (TPSA) is 84.9 Å². The summed E-state index contributed by atoms with van der Waals surface area (Å²) in [6, 6.07) is 11.3. The molecule has 1 unspecified atom stereocenters. The summed E-state index contributed by atoms with van der Waals surface area (Å²) in [5.74, 6) is -0.117. The van der Waals surface area contributed by atoms with Gasteiger partial charge in [0.2, 0.25) is 5.91 Å². The summed E-state index contributed by atoms with van der Waals surface area (Å²) in [5.41, 5.74) is 2.20. The monoisotopic (exact) mass is 341 g/mol. The van der Waals surface area contributed by atoms with Gasteiger partial charge in [-0.05, 0) is 29.3 Å². The van der Waals surface area contributed by atoms with Gasteiger partial charge in [-0.3, -0.25) is 4.79 Å². The van der Waals surface area contributed by atoms with Crippen molar-refractivity contribution in [3.63, 3.8) is 0 Å². The summed E-state index contributed by atoms with van der Waals surface area (Å²) in [5, 5.41) is 12.1. The van der Waals surface area contributed by atoms with Crippen LogP contribution >= 0.6 is 0 Å². The van der Waals surface area contributed by atoms with Gasteiger partial charge in [0, 0.05) is 12.0 Å². The maximum Gasteiger partial charge on any atom is 0.330 e. The Labute approximate surface area is 145 Å². The fourth-order valence-corrected chi connectivity index (χ4v) is 2.91. The molecule has 1 atom stereocenters. The number of hydrogen-bond acceptors (Lipinski definition) is 4. The fraction of sp³-hybridized carbons (Fsp3) is 0.263. The Morgan fingerprint density at radius 1 is 1.28 bits per heavy atom. The third-order valence-corrected chi connectivity index (χ3v) is 4.14. The molecule has 0 radical (unpaired) electrons. The molecule has 25 heavy (non-hydrogen) atoms. The summed E-state index contributed by atoms with van der Waals surface area (Å²) in [6.45, 7) is 0.594. The van der Waals surface area contributed by atoms with E-state index >= 15 is 0 Å². The van der Waals surface area contributed by atoms with Crippen LogP contribution in [0.2, 0.25) is 0 Å². The van der Waals surface area contributed by atoms with Crippen molar-refractivity contribution in [2.45, 2.75) is 18.9 Å². The minimum Gasteiger partial charge on any atom is -0.496 e. The van der Waals surface area contributed by atoms with Crippen LogP contribution in [0.15, 0.2) is 42.5 Å². The number of fused-ring (bicyclic) bond motifs is 1. The van der Waals surface area contributed by atoms with E-state index < -0.39 is 12.0 Å². The molecule has 0 saturated carbocycles. The second-order valence-electron chi connectivity index (χ2n) is 5.79. The lowest BCUT2D eigenvalue weighted by atomic mass is 10.0. The molecule has 130 valence electrons. The average Bonchev–Trinajstić information content (AvgIpc) is 3.07. The van der Waals surface area contributed by atoms with Gasteiger partial charge in [-0.2, -0.15) is 0 Å². The minimum atomic E-state index is -1.10. The van der Waals surface area contributed by atoms with Gasteiger partial charge in [-0.1, -0.05) is 24.3 Å². The van der Waals surface area contributed by atoms with Crippen LogP contribution in [0.5, 0.6) is 11.5 Å². The number of hydrogen-bond donors (Lipinski definition) is 2. The third-order valence-electron chi connectivity index (χ3n) is 4.14. The molecule has 0 aliphatic carbocycles. The van der Waals surface area contributed by atoms with E-state index in [0.717, 1.165) is 17.7 Å². The highest BCUT2D eigenvalue weighted by Crippen LogP contribution is 2.28. The van der Waals surface area contributed by atoms with Crippen molar-refractivity contribution in [2.24, 2.45) is 0 Å². The Bertz CT molecular complexity index is 802. The van der Waals surface area contributed by atoms with Crippen LogP contribution in [0.1, 0.15) is 22.7 Å². The predicted molar refractivity (Wildman–Crippen MR) is 90.9 cm³/mol. The van der Waals surface area contributed by atoms with E-state index in [0.29, 0.717) is 23.5 Å². The van der Waals surface area contributed by atoms with E-state index in [-0.39, 0.29) is 12.3 Å².